The molecule has 4 N–H and O–H groups in total. The van der Waals surface area contributed by atoms with Gasteiger partial charge >= 0.3 is 11.9 Å². The summed E-state index contributed by atoms with van der Waals surface area (Å²) in [5.74, 6) is -2.09. The first-order chi connectivity index (χ1) is 11.6. The topological polar surface area (TPSA) is 124 Å². The Bertz CT molecular complexity index is 659. The van der Waals surface area contributed by atoms with Gasteiger partial charge in [0.15, 0.2) is 0 Å². The van der Waals surface area contributed by atoms with Gasteiger partial charge in [-0.05, 0) is 24.3 Å². The van der Waals surface area contributed by atoms with Gasteiger partial charge in [0.1, 0.15) is 11.4 Å². The van der Waals surface area contributed by atoms with Crippen molar-refractivity contribution in [3.63, 3.8) is 0 Å². The largest absolute Gasteiger partial charge is 0.477 e. The molecule has 0 atom stereocenters. The average molecular weight is 330 g/mol. The van der Waals surface area contributed by atoms with Crippen molar-refractivity contribution in [2.24, 2.45) is 0 Å². The van der Waals surface area contributed by atoms with Gasteiger partial charge in [-0.3, -0.25) is 0 Å². The Morgan fingerprint density at radius 1 is 0.792 bits per heavy atom. The van der Waals surface area contributed by atoms with E-state index in [2.05, 4.69) is 20.6 Å². The van der Waals surface area contributed by atoms with Crippen LogP contribution in [0.2, 0.25) is 0 Å². The van der Waals surface area contributed by atoms with Crippen molar-refractivity contribution in [1.29, 1.82) is 0 Å². The van der Waals surface area contributed by atoms with Crippen LogP contribution in [0.15, 0.2) is 36.4 Å². The summed E-state index contributed by atoms with van der Waals surface area (Å²) in [6, 6.07) is 9.74. The van der Waals surface area contributed by atoms with Crippen molar-refractivity contribution in [2.45, 2.75) is 13.1 Å². The molecule has 2 aromatic rings. The fourth-order valence-electron chi connectivity index (χ4n) is 2.00. The minimum absolute atomic E-state index is 0.0248. The second-order valence-electron chi connectivity index (χ2n) is 4.99. The van der Waals surface area contributed by atoms with Crippen molar-refractivity contribution in [1.82, 2.24) is 20.6 Å². The molecule has 0 amide bonds. The second kappa shape index (κ2) is 8.70. The first kappa shape index (κ1) is 17.5. The molecule has 8 heteroatoms. The quantitative estimate of drug-likeness (QED) is 0.497. The van der Waals surface area contributed by atoms with Crippen molar-refractivity contribution < 1.29 is 19.8 Å². The van der Waals surface area contributed by atoms with E-state index in [9.17, 15) is 9.59 Å². The van der Waals surface area contributed by atoms with Crippen LogP contribution in [0.3, 0.4) is 0 Å². The fourth-order valence-corrected chi connectivity index (χ4v) is 2.00. The Labute approximate surface area is 138 Å². The van der Waals surface area contributed by atoms with Gasteiger partial charge in [-0.25, -0.2) is 19.6 Å². The normalized spacial score (nSPS) is 10.5. The van der Waals surface area contributed by atoms with Crippen LogP contribution in [0.4, 0.5) is 0 Å². The summed E-state index contributed by atoms with van der Waals surface area (Å²) in [7, 11) is 0. The third-order valence-corrected chi connectivity index (χ3v) is 3.14. The van der Waals surface area contributed by atoms with Gasteiger partial charge in [0, 0.05) is 26.2 Å². The number of rotatable bonds is 9. The highest BCUT2D eigenvalue weighted by molar-refractivity contribution is 5.85. The summed E-state index contributed by atoms with van der Waals surface area (Å²) in [4.78, 5) is 29.7. The zero-order valence-corrected chi connectivity index (χ0v) is 12.9. The Morgan fingerprint density at radius 3 is 1.58 bits per heavy atom. The number of hydrogen-bond acceptors (Lipinski definition) is 6. The maximum absolute atomic E-state index is 10.8. The summed E-state index contributed by atoms with van der Waals surface area (Å²) in [6.07, 6.45) is 0. The third-order valence-electron chi connectivity index (χ3n) is 3.14. The Hall–Kier alpha value is -2.84. The molecule has 0 bridgehead atoms. The number of nitrogens with one attached hydrogen (secondary N) is 2. The van der Waals surface area contributed by atoms with E-state index in [-0.39, 0.29) is 11.4 Å². The molecule has 0 spiro atoms. The Morgan fingerprint density at radius 2 is 1.21 bits per heavy atom. The molecule has 0 fully saturated rings. The van der Waals surface area contributed by atoms with Gasteiger partial charge in [0.2, 0.25) is 0 Å². The summed E-state index contributed by atoms with van der Waals surface area (Å²) >= 11 is 0. The molecular formula is C16H18N4O4. The molecule has 0 saturated carbocycles. The molecule has 2 rings (SSSR count). The van der Waals surface area contributed by atoms with Crippen LogP contribution in [-0.4, -0.2) is 45.2 Å². The lowest BCUT2D eigenvalue weighted by Gasteiger charge is -2.07. The molecule has 126 valence electrons. The molecule has 0 aliphatic heterocycles. The zero-order chi connectivity index (χ0) is 17.4. The van der Waals surface area contributed by atoms with Crippen LogP contribution in [0.25, 0.3) is 0 Å². The number of hydrogen-bond donors (Lipinski definition) is 4. The molecule has 2 aromatic heterocycles. The van der Waals surface area contributed by atoms with Gasteiger partial charge in [0.05, 0.1) is 11.4 Å². The van der Waals surface area contributed by atoms with Crippen molar-refractivity contribution in [3.05, 3.63) is 59.2 Å². The van der Waals surface area contributed by atoms with Gasteiger partial charge in [-0.15, -0.1) is 0 Å². The number of nitrogens with zero attached hydrogens (tertiary/aromatic N) is 2. The van der Waals surface area contributed by atoms with E-state index in [1.54, 1.807) is 24.3 Å². The Balaban J connectivity index is 1.68. The standard InChI is InChI=1S/C16H18N4O4/c21-15(22)13-5-1-3-11(19-13)9-17-7-8-18-10-12-4-2-6-14(20-12)16(23)24/h1-6,17-18H,7-10H2,(H,21,22)(H,23,24). The highest BCUT2D eigenvalue weighted by Crippen LogP contribution is 2.00. The van der Waals surface area contributed by atoms with E-state index in [1.165, 1.54) is 12.1 Å². The van der Waals surface area contributed by atoms with E-state index in [0.717, 1.165) is 0 Å². The van der Waals surface area contributed by atoms with E-state index in [1.807, 2.05) is 0 Å². The Kier molecular flexibility index (Phi) is 6.35. The van der Waals surface area contributed by atoms with Crippen LogP contribution >= 0.6 is 0 Å². The summed E-state index contributed by atoms with van der Waals surface area (Å²) in [5, 5.41) is 24.1. The molecule has 0 aliphatic carbocycles. The van der Waals surface area contributed by atoms with Crippen molar-refractivity contribution in [2.75, 3.05) is 13.1 Å². The third kappa shape index (κ3) is 5.41. The first-order valence-electron chi connectivity index (χ1n) is 7.36. The van der Waals surface area contributed by atoms with E-state index >= 15 is 0 Å². The number of carbonyl (C=O) groups is 2. The van der Waals surface area contributed by atoms with Crippen LogP contribution in [0, 0.1) is 0 Å². The second-order valence-corrected chi connectivity index (χ2v) is 4.99. The van der Waals surface area contributed by atoms with E-state index < -0.39 is 11.9 Å². The highest BCUT2D eigenvalue weighted by atomic mass is 16.4. The smallest absolute Gasteiger partial charge is 0.354 e. The first-order valence-corrected chi connectivity index (χ1v) is 7.36. The minimum Gasteiger partial charge on any atom is -0.477 e. The van der Waals surface area contributed by atoms with Crippen LogP contribution in [0.1, 0.15) is 32.4 Å². The van der Waals surface area contributed by atoms with E-state index in [4.69, 9.17) is 10.2 Å². The van der Waals surface area contributed by atoms with E-state index in [0.29, 0.717) is 37.6 Å². The van der Waals surface area contributed by atoms with Crippen LogP contribution < -0.4 is 10.6 Å². The van der Waals surface area contributed by atoms with Crippen LogP contribution in [0.5, 0.6) is 0 Å². The molecule has 0 radical (unpaired) electrons. The minimum atomic E-state index is -1.05. The molecule has 2 heterocycles. The van der Waals surface area contributed by atoms with Crippen molar-refractivity contribution in [3.8, 4) is 0 Å². The molecule has 8 nitrogen and oxygen atoms in total. The summed E-state index contributed by atoms with van der Waals surface area (Å²) < 4.78 is 0. The molecule has 0 saturated heterocycles. The molecule has 0 aliphatic rings. The van der Waals surface area contributed by atoms with Gasteiger partial charge in [-0.1, -0.05) is 12.1 Å². The van der Waals surface area contributed by atoms with Crippen LogP contribution in [-0.2, 0) is 13.1 Å². The number of aromatic carboxylic acids is 2. The maximum atomic E-state index is 10.8. The SMILES string of the molecule is O=C(O)c1cccc(CNCCNCc2cccc(C(=O)O)n2)n1. The number of carboxylic acids is 2. The number of pyridine rings is 2. The predicted octanol–water partition coefficient (Wildman–Crippen LogP) is 0.752. The summed E-state index contributed by atoms with van der Waals surface area (Å²) in [5.41, 5.74) is 1.37. The molecular weight excluding hydrogens is 312 g/mol. The predicted molar refractivity (Wildman–Crippen MR) is 85.8 cm³/mol. The number of carboxylic acid groups (broad SMARTS) is 2. The lowest BCUT2D eigenvalue weighted by molar-refractivity contribution is 0.0679. The molecule has 0 unspecified atom stereocenters. The maximum Gasteiger partial charge on any atom is 0.354 e. The zero-order valence-electron chi connectivity index (χ0n) is 12.9. The average Bonchev–Trinajstić information content (AvgIpc) is 2.58. The highest BCUT2D eigenvalue weighted by Gasteiger charge is 2.05. The van der Waals surface area contributed by atoms with Gasteiger partial charge < -0.3 is 20.8 Å². The van der Waals surface area contributed by atoms with Crippen molar-refractivity contribution >= 4 is 11.9 Å². The summed E-state index contributed by atoms with van der Waals surface area (Å²) in [6.45, 7) is 2.24. The monoisotopic (exact) mass is 330 g/mol. The lowest BCUT2D eigenvalue weighted by atomic mass is 10.3. The number of aromatic nitrogens is 2. The molecule has 24 heavy (non-hydrogen) atoms. The lowest BCUT2D eigenvalue weighted by Crippen LogP contribution is -2.27. The van der Waals surface area contributed by atoms with Gasteiger partial charge in [0.25, 0.3) is 0 Å². The van der Waals surface area contributed by atoms with Gasteiger partial charge in [-0.2, -0.15) is 0 Å². The fraction of sp³-hybridized carbons (Fsp3) is 0.250. The molecule has 0 aromatic carbocycles.